The van der Waals surface area contributed by atoms with Gasteiger partial charge in [-0.15, -0.1) is 0 Å². The quantitative estimate of drug-likeness (QED) is 0.911. The number of nitrogens with zero attached hydrogens (tertiary/aromatic N) is 1. The molecule has 2 rings (SSSR count). The van der Waals surface area contributed by atoms with Gasteiger partial charge in [0.2, 0.25) is 11.1 Å². The average Bonchev–Trinajstić information content (AvgIpc) is 2.81. The van der Waals surface area contributed by atoms with Crippen LogP contribution >= 0.6 is 11.6 Å². The molecule has 2 aromatic heterocycles. The van der Waals surface area contributed by atoms with Crippen molar-refractivity contribution in [3.63, 3.8) is 0 Å². The third-order valence-corrected chi connectivity index (χ3v) is 2.50. The zero-order chi connectivity index (χ0) is 12.5. The van der Waals surface area contributed by atoms with Crippen LogP contribution in [0.5, 0.6) is 0 Å². The van der Waals surface area contributed by atoms with Crippen LogP contribution in [0.4, 0.5) is 0 Å². The Morgan fingerprint density at radius 3 is 2.76 bits per heavy atom. The van der Waals surface area contributed by atoms with Gasteiger partial charge < -0.3 is 14.2 Å². The fourth-order valence-electron chi connectivity index (χ4n) is 1.33. The molecule has 0 unspecified atom stereocenters. The number of hydrogen-bond acceptors (Lipinski definition) is 4. The number of furan rings is 1. The van der Waals surface area contributed by atoms with Crippen LogP contribution in [0.3, 0.4) is 0 Å². The minimum Gasteiger partial charge on any atom is -0.452 e. The lowest BCUT2D eigenvalue weighted by Gasteiger charge is -2.18. The molecule has 0 aliphatic rings. The molecule has 17 heavy (non-hydrogen) atoms. The Morgan fingerprint density at radius 1 is 1.41 bits per heavy atom. The molecule has 0 aliphatic heterocycles. The molecule has 0 bridgehead atoms. The molecule has 4 nitrogen and oxygen atoms in total. The van der Waals surface area contributed by atoms with E-state index in [1.54, 1.807) is 12.3 Å². The molecular weight excluding hydrogens is 240 g/mol. The van der Waals surface area contributed by atoms with Crippen LogP contribution in [-0.4, -0.2) is 10.5 Å². The monoisotopic (exact) mass is 254 g/mol. The predicted octanol–water partition coefficient (Wildman–Crippen LogP) is 3.48. The summed E-state index contributed by atoms with van der Waals surface area (Å²) in [7, 11) is 0. The minimum atomic E-state index is 0.0297. The van der Waals surface area contributed by atoms with Crippen LogP contribution < -0.4 is 5.32 Å². The number of halogens is 1. The fraction of sp³-hybridized carbons (Fsp3) is 0.417. The van der Waals surface area contributed by atoms with Crippen LogP contribution in [0.15, 0.2) is 27.4 Å². The second-order valence-corrected chi connectivity index (χ2v) is 5.17. The average molecular weight is 255 g/mol. The van der Waals surface area contributed by atoms with Gasteiger partial charge in [-0.1, -0.05) is 0 Å². The number of oxazole rings is 1. The van der Waals surface area contributed by atoms with Gasteiger partial charge in [0, 0.05) is 5.54 Å². The molecule has 92 valence electrons. The largest absolute Gasteiger partial charge is 0.452 e. The summed E-state index contributed by atoms with van der Waals surface area (Å²) in [6.45, 7) is 6.84. The maximum Gasteiger partial charge on any atom is 0.208 e. The van der Waals surface area contributed by atoms with Crippen molar-refractivity contribution in [1.29, 1.82) is 0 Å². The minimum absolute atomic E-state index is 0.0297. The Bertz CT molecular complexity index is 497. The third-order valence-electron chi connectivity index (χ3n) is 2.21. The Morgan fingerprint density at radius 2 is 2.18 bits per heavy atom. The van der Waals surface area contributed by atoms with Crippen molar-refractivity contribution in [1.82, 2.24) is 10.3 Å². The van der Waals surface area contributed by atoms with E-state index in [9.17, 15) is 0 Å². The van der Waals surface area contributed by atoms with E-state index in [0.717, 1.165) is 5.56 Å². The summed E-state index contributed by atoms with van der Waals surface area (Å²) >= 11 is 5.86. The van der Waals surface area contributed by atoms with Crippen LogP contribution in [0.25, 0.3) is 11.3 Å². The highest BCUT2D eigenvalue weighted by Crippen LogP contribution is 2.29. The van der Waals surface area contributed by atoms with Crippen molar-refractivity contribution in [2.45, 2.75) is 32.9 Å². The van der Waals surface area contributed by atoms with Gasteiger partial charge in [-0.2, -0.15) is 0 Å². The fourth-order valence-corrected chi connectivity index (χ4v) is 1.53. The highest BCUT2D eigenvalue weighted by molar-refractivity contribution is 6.31. The molecule has 5 heteroatoms. The normalized spacial score (nSPS) is 12.0. The summed E-state index contributed by atoms with van der Waals surface area (Å²) in [5.74, 6) is 1.25. The molecule has 0 aromatic carbocycles. The van der Waals surface area contributed by atoms with Crippen molar-refractivity contribution in [3.8, 4) is 11.3 Å². The lowest BCUT2D eigenvalue weighted by atomic mass is 10.1. The molecule has 0 radical (unpaired) electrons. The molecule has 0 atom stereocenters. The number of aromatic nitrogens is 1. The van der Waals surface area contributed by atoms with Crippen molar-refractivity contribution < 1.29 is 8.83 Å². The van der Waals surface area contributed by atoms with Gasteiger partial charge in [0.15, 0.2) is 5.76 Å². The highest BCUT2D eigenvalue weighted by atomic mass is 35.5. The van der Waals surface area contributed by atoms with E-state index in [2.05, 4.69) is 31.1 Å². The second-order valence-electron chi connectivity index (χ2n) is 4.83. The van der Waals surface area contributed by atoms with Gasteiger partial charge in [0.1, 0.15) is 0 Å². The van der Waals surface area contributed by atoms with Gasteiger partial charge in [0.25, 0.3) is 0 Å². The second kappa shape index (κ2) is 4.55. The van der Waals surface area contributed by atoms with Gasteiger partial charge in [-0.25, -0.2) is 4.98 Å². The molecule has 2 aromatic rings. The van der Waals surface area contributed by atoms with E-state index in [-0.39, 0.29) is 5.54 Å². The Balaban J connectivity index is 2.09. The Hall–Kier alpha value is -1.26. The van der Waals surface area contributed by atoms with E-state index >= 15 is 0 Å². The Labute approximate surface area is 105 Å². The predicted molar refractivity (Wildman–Crippen MR) is 65.8 cm³/mol. The van der Waals surface area contributed by atoms with Crippen LogP contribution in [0, 0.1) is 0 Å². The first kappa shape index (κ1) is 12.2. The van der Waals surface area contributed by atoms with Crippen LogP contribution in [0.2, 0.25) is 5.22 Å². The summed E-state index contributed by atoms with van der Waals surface area (Å²) < 4.78 is 10.6. The smallest absolute Gasteiger partial charge is 0.208 e. The van der Waals surface area contributed by atoms with Crippen molar-refractivity contribution in [2.75, 3.05) is 0 Å². The molecule has 0 fully saturated rings. The highest BCUT2D eigenvalue weighted by Gasteiger charge is 2.14. The zero-order valence-electron chi connectivity index (χ0n) is 10.1. The van der Waals surface area contributed by atoms with Crippen LogP contribution in [-0.2, 0) is 6.54 Å². The van der Waals surface area contributed by atoms with Gasteiger partial charge in [-0.05, 0) is 38.4 Å². The molecular formula is C12H15ClN2O2. The molecule has 0 aliphatic carbocycles. The first-order valence-corrected chi connectivity index (χ1v) is 5.76. The maximum absolute atomic E-state index is 5.86. The first-order chi connectivity index (χ1) is 7.96. The molecule has 2 heterocycles. The third kappa shape index (κ3) is 3.11. The maximum atomic E-state index is 5.86. The van der Waals surface area contributed by atoms with E-state index in [1.807, 2.05) is 0 Å². The summed E-state index contributed by atoms with van der Waals surface area (Å²) in [5.41, 5.74) is 0.753. The number of rotatable bonds is 3. The summed E-state index contributed by atoms with van der Waals surface area (Å²) in [6, 6.07) is 1.75. The standard InChI is InChI=1S/C12H15ClN2O2/c1-12(2,3)15-7-10-14-6-9(17-10)8-4-5-16-11(8)13/h4-6,15H,7H2,1-3H3. The lowest BCUT2D eigenvalue weighted by molar-refractivity contribution is 0.383. The topological polar surface area (TPSA) is 51.2 Å². The van der Waals surface area contributed by atoms with Crippen molar-refractivity contribution in [3.05, 3.63) is 29.6 Å². The molecule has 0 spiro atoms. The summed E-state index contributed by atoms with van der Waals surface area (Å²) in [6.07, 6.45) is 3.17. The van der Waals surface area contributed by atoms with Gasteiger partial charge in [-0.3, -0.25) is 0 Å². The van der Waals surface area contributed by atoms with E-state index in [0.29, 0.717) is 23.4 Å². The SMILES string of the molecule is CC(C)(C)NCc1ncc(-c2ccoc2Cl)o1. The molecule has 0 saturated heterocycles. The molecule has 1 N–H and O–H groups in total. The zero-order valence-corrected chi connectivity index (χ0v) is 10.8. The molecule has 0 saturated carbocycles. The number of nitrogens with one attached hydrogen (secondary N) is 1. The van der Waals surface area contributed by atoms with E-state index in [4.69, 9.17) is 20.4 Å². The number of hydrogen-bond donors (Lipinski definition) is 1. The van der Waals surface area contributed by atoms with Gasteiger partial charge in [0.05, 0.1) is 24.6 Å². The summed E-state index contributed by atoms with van der Waals surface area (Å²) in [5, 5.41) is 3.61. The lowest BCUT2D eigenvalue weighted by Crippen LogP contribution is -2.35. The molecule has 0 amide bonds. The van der Waals surface area contributed by atoms with Crippen molar-refractivity contribution in [2.24, 2.45) is 0 Å². The summed E-state index contributed by atoms with van der Waals surface area (Å²) in [4.78, 5) is 4.19. The van der Waals surface area contributed by atoms with Crippen LogP contribution in [0.1, 0.15) is 26.7 Å². The van der Waals surface area contributed by atoms with Crippen molar-refractivity contribution >= 4 is 11.6 Å². The van der Waals surface area contributed by atoms with E-state index < -0.39 is 0 Å². The first-order valence-electron chi connectivity index (χ1n) is 5.39. The van der Waals surface area contributed by atoms with E-state index in [1.165, 1.54) is 6.26 Å². The Kier molecular flexibility index (Phi) is 3.26. The van der Waals surface area contributed by atoms with Gasteiger partial charge >= 0.3 is 0 Å².